The van der Waals surface area contributed by atoms with E-state index in [1.54, 1.807) is 4.90 Å². The second-order valence-electron chi connectivity index (χ2n) is 7.95. The van der Waals surface area contributed by atoms with Gasteiger partial charge in [-0.05, 0) is 37.3 Å². The van der Waals surface area contributed by atoms with E-state index in [2.05, 4.69) is 19.1 Å². The van der Waals surface area contributed by atoms with E-state index in [-0.39, 0.29) is 19.1 Å². The molecule has 1 N–H and O–H groups in total. The number of benzene rings is 1. The molecule has 1 amide bonds. The molecule has 1 heterocycles. The molecular formula is C21H29NO4. The number of rotatable bonds is 5. The van der Waals surface area contributed by atoms with Gasteiger partial charge in [0.05, 0.1) is 12.0 Å². The molecule has 1 atom stereocenters. The highest BCUT2D eigenvalue weighted by atomic mass is 16.5. The Morgan fingerprint density at radius 2 is 1.85 bits per heavy atom. The lowest BCUT2D eigenvalue weighted by molar-refractivity contribution is -0.152. The number of hydrogen-bond acceptors (Lipinski definition) is 3. The van der Waals surface area contributed by atoms with E-state index in [1.807, 2.05) is 12.1 Å². The number of carboxylic acids is 1. The van der Waals surface area contributed by atoms with Crippen LogP contribution in [0.15, 0.2) is 24.3 Å². The summed E-state index contributed by atoms with van der Waals surface area (Å²) in [7, 11) is 1.52. The first-order valence-electron chi connectivity index (χ1n) is 9.53. The highest BCUT2D eigenvalue weighted by molar-refractivity contribution is 5.90. The normalized spacial score (nSPS) is 25.2. The van der Waals surface area contributed by atoms with Gasteiger partial charge in [-0.1, -0.05) is 43.5 Å². The molecule has 5 heteroatoms. The molecule has 0 radical (unpaired) electrons. The van der Waals surface area contributed by atoms with Gasteiger partial charge in [0.2, 0.25) is 5.91 Å². The van der Waals surface area contributed by atoms with Crippen LogP contribution in [0.5, 0.6) is 0 Å². The number of carbonyl (C=O) groups excluding carboxylic acids is 1. The lowest BCUT2D eigenvalue weighted by Gasteiger charge is -2.40. The minimum Gasteiger partial charge on any atom is -0.481 e. The molecule has 1 aromatic carbocycles. The Balaban J connectivity index is 1.93. The standard InChI is InChI=1S/C21H29NO4/c1-16-8-4-5-9-17(16)21(10-6-3-7-11-21)18(23)22-13-12-20(14-22,15-26-2)19(24)25/h4-5,8-9H,3,6-7,10-15H2,1-2H3,(H,24,25). The third-order valence-corrected chi connectivity index (χ3v) is 6.29. The molecule has 2 fully saturated rings. The third-order valence-electron chi connectivity index (χ3n) is 6.29. The Morgan fingerprint density at radius 1 is 1.15 bits per heavy atom. The van der Waals surface area contributed by atoms with Gasteiger partial charge in [-0.2, -0.15) is 0 Å². The van der Waals surface area contributed by atoms with E-state index in [1.165, 1.54) is 7.11 Å². The number of carbonyl (C=O) groups is 2. The summed E-state index contributed by atoms with van der Waals surface area (Å²) in [5.74, 6) is -0.769. The van der Waals surface area contributed by atoms with Crippen LogP contribution in [0.1, 0.15) is 49.7 Å². The Morgan fingerprint density at radius 3 is 2.46 bits per heavy atom. The van der Waals surface area contributed by atoms with Gasteiger partial charge in [-0.3, -0.25) is 9.59 Å². The Bertz CT molecular complexity index is 680. The van der Waals surface area contributed by atoms with Gasteiger partial charge >= 0.3 is 5.97 Å². The molecule has 26 heavy (non-hydrogen) atoms. The molecule has 1 aliphatic heterocycles. The van der Waals surface area contributed by atoms with Gasteiger partial charge in [0, 0.05) is 20.2 Å². The van der Waals surface area contributed by atoms with Crippen LogP contribution in [0.25, 0.3) is 0 Å². The first-order chi connectivity index (χ1) is 12.4. The van der Waals surface area contributed by atoms with Gasteiger partial charge in [-0.25, -0.2) is 0 Å². The van der Waals surface area contributed by atoms with E-state index < -0.39 is 16.8 Å². The fraction of sp³-hybridized carbons (Fsp3) is 0.619. The number of aliphatic carboxylic acids is 1. The van der Waals surface area contributed by atoms with Crippen LogP contribution in [-0.2, 0) is 19.7 Å². The Kier molecular flexibility index (Phi) is 5.37. The Labute approximate surface area is 155 Å². The lowest BCUT2D eigenvalue weighted by Crippen LogP contribution is -2.49. The van der Waals surface area contributed by atoms with Crippen LogP contribution in [0.3, 0.4) is 0 Å². The van der Waals surface area contributed by atoms with Crippen LogP contribution in [0.4, 0.5) is 0 Å². The summed E-state index contributed by atoms with van der Waals surface area (Å²) in [5, 5.41) is 9.71. The molecule has 0 aromatic heterocycles. The van der Waals surface area contributed by atoms with Crippen molar-refractivity contribution in [1.29, 1.82) is 0 Å². The van der Waals surface area contributed by atoms with Crippen molar-refractivity contribution in [2.45, 2.75) is 50.9 Å². The second kappa shape index (κ2) is 7.39. The number of nitrogens with zero attached hydrogens (tertiary/aromatic N) is 1. The zero-order valence-corrected chi connectivity index (χ0v) is 15.8. The number of methoxy groups -OCH3 is 1. The third kappa shape index (κ3) is 3.13. The highest BCUT2D eigenvalue weighted by Gasteiger charge is 2.51. The van der Waals surface area contributed by atoms with Crippen LogP contribution in [0, 0.1) is 12.3 Å². The van der Waals surface area contributed by atoms with E-state index in [9.17, 15) is 14.7 Å². The van der Waals surface area contributed by atoms with E-state index >= 15 is 0 Å². The Hall–Kier alpha value is -1.88. The molecule has 1 unspecified atom stereocenters. The quantitative estimate of drug-likeness (QED) is 0.877. The predicted octanol–water partition coefficient (Wildman–Crippen LogP) is 3.15. The number of hydrogen-bond donors (Lipinski definition) is 1. The second-order valence-corrected chi connectivity index (χ2v) is 7.95. The minimum atomic E-state index is -0.980. The molecule has 1 saturated heterocycles. The number of likely N-dealkylation sites (tertiary alicyclic amines) is 1. The summed E-state index contributed by atoms with van der Waals surface area (Å²) in [6, 6.07) is 8.15. The minimum absolute atomic E-state index is 0.103. The topological polar surface area (TPSA) is 66.8 Å². The molecule has 1 aliphatic carbocycles. The number of ether oxygens (including phenoxy) is 1. The van der Waals surface area contributed by atoms with Crippen molar-refractivity contribution < 1.29 is 19.4 Å². The molecule has 2 aliphatic rings. The number of carboxylic acid groups (broad SMARTS) is 1. The van der Waals surface area contributed by atoms with Crippen LogP contribution in [0.2, 0.25) is 0 Å². The van der Waals surface area contributed by atoms with Crippen molar-refractivity contribution >= 4 is 11.9 Å². The maximum atomic E-state index is 13.7. The molecule has 5 nitrogen and oxygen atoms in total. The maximum Gasteiger partial charge on any atom is 0.313 e. The fourth-order valence-corrected chi connectivity index (χ4v) is 4.84. The molecule has 0 spiro atoms. The first kappa shape index (κ1) is 18.9. The van der Waals surface area contributed by atoms with Crippen molar-refractivity contribution in [2.75, 3.05) is 26.8 Å². The van der Waals surface area contributed by atoms with Gasteiger partial charge in [0.1, 0.15) is 5.41 Å². The van der Waals surface area contributed by atoms with E-state index in [4.69, 9.17) is 4.74 Å². The highest BCUT2D eigenvalue weighted by Crippen LogP contribution is 2.44. The summed E-state index contributed by atoms with van der Waals surface area (Å²) in [5.41, 5.74) is 0.768. The average molecular weight is 359 g/mol. The zero-order valence-electron chi connectivity index (χ0n) is 15.8. The lowest BCUT2D eigenvalue weighted by atomic mass is 9.67. The summed E-state index contributed by atoms with van der Waals surface area (Å²) < 4.78 is 5.17. The SMILES string of the molecule is COCC1(C(=O)O)CCN(C(=O)C2(c3ccccc3C)CCCCC2)C1. The molecule has 0 bridgehead atoms. The summed E-state index contributed by atoms with van der Waals surface area (Å²) in [4.78, 5) is 27.3. The smallest absolute Gasteiger partial charge is 0.313 e. The van der Waals surface area contributed by atoms with Gasteiger partial charge in [0.25, 0.3) is 0 Å². The molecule has 1 aromatic rings. The average Bonchev–Trinajstić information content (AvgIpc) is 3.08. The van der Waals surface area contributed by atoms with Crippen LogP contribution < -0.4 is 0 Å². The van der Waals surface area contributed by atoms with Crippen LogP contribution >= 0.6 is 0 Å². The largest absolute Gasteiger partial charge is 0.481 e. The summed E-state index contributed by atoms with van der Waals surface area (Å²) in [6.45, 7) is 2.93. The number of aryl methyl sites for hydroxylation is 1. The fourth-order valence-electron chi connectivity index (χ4n) is 4.84. The van der Waals surface area contributed by atoms with Gasteiger partial charge < -0.3 is 14.7 Å². The van der Waals surface area contributed by atoms with Gasteiger partial charge in [-0.15, -0.1) is 0 Å². The summed E-state index contributed by atoms with van der Waals surface area (Å²) >= 11 is 0. The van der Waals surface area contributed by atoms with Crippen molar-refractivity contribution in [1.82, 2.24) is 4.90 Å². The van der Waals surface area contributed by atoms with Crippen LogP contribution in [-0.4, -0.2) is 48.7 Å². The summed E-state index contributed by atoms with van der Waals surface area (Å²) in [6.07, 6.45) is 5.37. The van der Waals surface area contributed by atoms with Crippen molar-refractivity contribution in [3.63, 3.8) is 0 Å². The first-order valence-corrected chi connectivity index (χ1v) is 9.53. The molecular weight excluding hydrogens is 330 g/mol. The predicted molar refractivity (Wildman–Crippen MR) is 99.1 cm³/mol. The molecule has 142 valence electrons. The number of amides is 1. The zero-order chi connectivity index (χ0) is 18.8. The van der Waals surface area contributed by atoms with Crippen molar-refractivity contribution in [3.8, 4) is 0 Å². The van der Waals surface area contributed by atoms with Gasteiger partial charge in [0.15, 0.2) is 0 Å². The van der Waals surface area contributed by atoms with E-state index in [0.29, 0.717) is 13.0 Å². The van der Waals surface area contributed by atoms with Crippen molar-refractivity contribution in [2.24, 2.45) is 5.41 Å². The maximum absolute atomic E-state index is 13.7. The molecule has 1 saturated carbocycles. The van der Waals surface area contributed by atoms with Crippen molar-refractivity contribution in [3.05, 3.63) is 35.4 Å². The molecule has 3 rings (SSSR count). The van der Waals surface area contributed by atoms with E-state index in [0.717, 1.165) is 43.2 Å². The monoisotopic (exact) mass is 359 g/mol.